The molecule has 2 saturated carbocycles. The van der Waals surface area contributed by atoms with Crippen LogP contribution in [0.4, 0.5) is 0 Å². The number of rotatable bonds is 8. The van der Waals surface area contributed by atoms with Gasteiger partial charge < -0.3 is 14.8 Å². The van der Waals surface area contributed by atoms with Crippen LogP contribution < -0.4 is 14.8 Å². The normalized spacial score (nSPS) is 18.1. The molecule has 9 heteroatoms. The first-order valence-electron chi connectivity index (χ1n) is 8.52. The van der Waals surface area contributed by atoms with Crippen LogP contribution in [0.15, 0.2) is 23.1 Å². The largest absolute Gasteiger partial charge is 0.495 e. The molecule has 142 valence electrons. The summed E-state index contributed by atoms with van der Waals surface area (Å²) in [5.74, 6) is -0.999. The van der Waals surface area contributed by atoms with Gasteiger partial charge in [-0.1, -0.05) is 0 Å². The van der Waals surface area contributed by atoms with Gasteiger partial charge >= 0.3 is 5.97 Å². The summed E-state index contributed by atoms with van der Waals surface area (Å²) in [6.45, 7) is 1.48. The molecule has 2 aliphatic rings. The molecule has 0 unspecified atom stereocenters. The molecular formula is C17H22N2O6S. The predicted molar refractivity (Wildman–Crippen MR) is 92.4 cm³/mol. The highest BCUT2D eigenvalue weighted by Crippen LogP contribution is 2.28. The monoisotopic (exact) mass is 382 g/mol. The van der Waals surface area contributed by atoms with Crippen LogP contribution in [0, 0.1) is 0 Å². The van der Waals surface area contributed by atoms with Crippen LogP contribution in [0.2, 0.25) is 0 Å². The fourth-order valence-electron chi connectivity index (χ4n) is 2.33. The molecule has 0 aromatic heterocycles. The summed E-state index contributed by atoms with van der Waals surface area (Å²) in [5, 5.41) is 2.75. The van der Waals surface area contributed by atoms with E-state index in [-0.39, 0.29) is 34.2 Å². The molecule has 0 saturated heterocycles. The summed E-state index contributed by atoms with van der Waals surface area (Å²) < 4.78 is 37.8. The predicted octanol–water partition coefficient (Wildman–Crippen LogP) is 0.960. The fourth-order valence-corrected chi connectivity index (χ4v) is 3.83. The molecule has 1 aromatic rings. The number of esters is 1. The maximum atomic E-state index is 12.5. The van der Waals surface area contributed by atoms with E-state index in [4.69, 9.17) is 9.47 Å². The van der Waals surface area contributed by atoms with E-state index in [9.17, 15) is 18.0 Å². The second kappa shape index (κ2) is 7.24. The van der Waals surface area contributed by atoms with Crippen LogP contribution in [0.25, 0.3) is 0 Å². The standard InChI is InChI=1S/C17H22N2O6S/c1-10(16(20)18-12-4-5-12)25-17(21)11-3-8-14(24-2)15(9-11)26(22,23)19-13-6-7-13/h3,8-10,12-13,19H,4-7H2,1-2H3,(H,18,20)/t10-/m0/s1. The van der Waals surface area contributed by atoms with Crippen molar-refractivity contribution in [3.63, 3.8) is 0 Å². The lowest BCUT2D eigenvalue weighted by atomic mass is 10.2. The second-order valence-electron chi connectivity index (χ2n) is 6.59. The minimum absolute atomic E-state index is 0.0352. The van der Waals surface area contributed by atoms with Crippen LogP contribution in [-0.4, -0.2) is 45.6 Å². The zero-order valence-electron chi connectivity index (χ0n) is 14.7. The van der Waals surface area contributed by atoms with Crippen molar-refractivity contribution < 1.29 is 27.5 Å². The number of hydrogen-bond donors (Lipinski definition) is 2. The van der Waals surface area contributed by atoms with E-state index in [0.717, 1.165) is 25.7 Å². The molecule has 1 atom stereocenters. The van der Waals surface area contributed by atoms with E-state index in [0.29, 0.717) is 0 Å². The Morgan fingerprint density at radius 2 is 1.81 bits per heavy atom. The highest BCUT2D eigenvalue weighted by atomic mass is 32.2. The first-order chi connectivity index (χ1) is 12.3. The van der Waals surface area contributed by atoms with Crippen LogP contribution in [-0.2, 0) is 19.6 Å². The highest BCUT2D eigenvalue weighted by molar-refractivity contribution is 7.89. The maximum absolute atomic E-state index is 12.5. The molecule has 0 heterocycles. The Balaban J connectivity index is 1.75. The van der Waals surface area contributed by atoms with E-state index in [2.05, 4.69) is 10.0 Å². The summed E-state index contributed by atoms with van der Waals surface area (Å²) in [5.41, 5.74) is 0.0352. The lowest BCUT2D eigenvalue weighted by molar-refractivity contribution is -0.129. The van der Waals surface area contributed by atoms with Crippen molar-refractivity contribution in [2.45, 2.75) is 55.7 Å². The van der Waals surface area contributed by atoms with Gasteiger partial charge in [0.1, 0.15) is 10.6 Å². The third-order valence-electron chi connectivity index (χ3n) is 4.16. The molecule has 0 radical (unpaired) electrons. The van der Waals surface area contributed by atoms with Gasteiger partial charge in [-0.2, -0.15) is 0 Å². The van der Waals surface area contributed by atoms with Crippen molar-refractivity contribution >= 4 is 21.9 Å². The zero-order valence-corrected chi connectivity index (χ0v) is 15.5. The molecule has 8 nitrogen and oxygen atoms in total. The van der Waals surface area contributed by atoms with E-state index < -0.39 is 22.1 Å². The Kier molecular flexibility index (Phi) is 5.19. The number of benzene rings is 1. The van der Waals surface area contributed by atoms with Crippen molar-refractivity contribution in [3.8, 4) is 5.75 Å². The summed E-state index contributed by atoms with van der Waals surface area (Å²) in [6, 6.07) is 4.09. The van der Waals surface area contributed by atoms with Crippen molar-refractivity contribution in [3.05, 3.63) is 23.8 Å². The van der Waals surface area contributed by atoms with E-state index in [1.165, 1.54) is 32.2 Å². The van der Waals surface area contributed by atoms with Gasteiger partial charge in [0.15, 0.2) is 6.10 Å². The van der Waals surface area contributed by atoms with Gasteiger partial charge in [-0.15, -0.1) is 0 Å². The first-order valence-corrected chi connectivity index (χ1v) is 10.00. The molecular weight excluding hydrogens is 360 g/mol. The average molecular weight is 382 g/mol. The van der Waals surface area contributed by atoms with E-state index in [1.54, 1.807) is 0 Å². The average Bonchev–Trinajstić information content (AvgIpc) is 3.51. The molecule has 3 rings (SSSR count). The topological polar surface area (TPSA) is 111 Å². The van der Waals surface area contributed by atoms with Crippen molar-refractivity contribution in [2.24, 2.45) is 0 Å². The number of nitrogens with one attached hydrogen (secondary N) is 2. The van der Waals surface area contributed by atoms with Crippen molar-refractivity contribution in [1.29, 1.82) is 0 Å². The number of ether oxygens (including phenoxy) is 2. The zero-order chi connectivity index (χ0) is 18.9. The second-order valence-corrected chi connectivity index (χ2v) is 8.27. The van der Waals surface area contributed by atoms with Gasteiger partial charge in [-0.05, 0) is 50.8 Å². The molecule has 2 N–H and O–H groups in total. The van der Waals surface area contributed by atoms with Crippen LogP contribution in [0.1, 0.15) is 43.0 Å². The smallest absolute Gasteiger partial charge is 0.338 e. The molecule has 1 amide bonds. The van der Waals surface area contributed by atoms with Crippen LogP contribution in [0.5, 0.6) is 5.75 Å². The molecule has 2 fully saturated rings. The molecule has 1 aromatic carbocycles. The third kappa shape index (κ3) is 4.53. The van der Waals surface area contributed by atoms with Crippen molar-refractivity contribution in [2.75, 3.05) is 7.11 Å². The molecule has 0 spiro atoms. The highest BCUT2D eigenvalue weighted by Gasteiger charge is 2.31. The molecule has 26 heavy (non-hydrogen) atoms. The minimum atomic E-state index is -3.81. The minimum Gasteiger partial charge on any atom is -0.495 e. The van der Waals surface area contributed by atoms with Gasteiger partial charge in [-0.25, -0.2) is 17.9 Å². The number of sulfonamides is 1. The van der Waals surface area contributed by atoms with E-state index in [1.807, 2.05) is 0 Å². The lowest BCUT2D eigenvalue weighted by Crippen LogP contribution is -2.37. The van der Waals surface area contributed by atoms with Gasteiger partial charge in [0.25, 0.3) is 5.91 Å². The Bertz CT molecular complexity index is 815. The van der Waals surface area contributed by atoms with Gasteiger partial charge in [-0.3, -0.25) is 4.79 Å². The number of hydrogen-bond acceptors (Lipinski definition) is 6. The quantitative estimate of drug-likeness (QED) is 0.648. The number of carbonyl (C=O) groups is 2. The Morgan fingerprint density at radius 1 is 1.15 bits per heavy atom. The number of carbonyl (C=O) groups excluding carboxylic acids is 2. The Hall–Kier alpha value is -2.13. The maximum Gasteiger partial charge on any atom is 0.338 e. The summed E-state index contributed by atoms with van der Waals surface area (Å²) >= 11 is 0. The Labute approximate surface area is 152 Å². The fraction of sp³-hybridized carbons (Fsp3) is 0.529. The summed E-state index contributed by atoms with van der Waals surface area (Å²) in [7, 11) is -2.46. The number of methoxy groups -OCH3 is 1. The first kappa shape index (κ1) is 18.7. The van der Waals surface area contributed by atoms with Crippen LogP contribution in [0.3, 0.4) is 0 Å². The summed E-state index contributed by atoms with van der Waals surface area (Å²) in [4.78, 5) is 24.1. The Morgan fingerprint density at radius 3 is 2.38 bits per heavy atom. The molecule has 0 aliphatic heterocycles. The third-order valence-corrected chi connectivity index (χ3v) is 5.71. The van der Waals surface area contributed by atoms with Crippen LogP contribution >= 0.6 is 0 Å². The number of amides is 1. The summed E-state index contributed by atoms with van der Waals surface area (Å²) in [6.07, 6.45) is 2.48. The molecule has 0 bridgehead atoms. The molecule has 2 aliphatic carbocycles. The van der Waals surface area contributed by atoms with E-state index >= 15 is 0 Å². The SMILES string of the molecule is COc1ccc(C(=O)O[C@@H](C)C(=O)NC2CC2)cc1S(=O)(=O)NC1CC1. The van der Waals surface area contributed by atoms with Gasteiger partial charge in [0.05, 0.1) is 12.7 Å². The van der Waals surface area contributed by atoms with Gasteiger partial charge in [0.2, 0.25) is 10.0 Å². The van der Waals surface area contributed by atoms with Crippen molar-refractivity contribution in [1.82, 2.24) is 10.0 Å². The lowest BCUT2D eigenvalue weighted by Gasteiger charge is -2.15. The van der Waals surface area contributed by atoms with Gasteiger partial charge in [0, 0.05) is 12.1 Å².